The van der Waals surface area contributed by atoms with E-state index in [9.17, 15) is 97.0 Å². The normalized spacial score (nSPS) is 55.4. The van der Waals surface area contributed by atoms with Crippen LogP contribution in [0.5, 0.6) is 0 Å². The Bertz CT molecular complexity index is 1470. The van der Waals surface area contributed by atoms with Crippen molar-refractivity contribution in [3.05, 3.63) is 0 Å². The maximum absolute atomic E-state index is 11.4. The Morgan fingerprint density at radius 1 is 0.195 bits per heavy atom. The summed E-state index contributed by atoms with van der Waals surface area (Å²) in [6, 6.07) is 0. The number of rotatable bonds is 7. The predicted octanol–water partition coefficient (Wildman–Crippen LogP) is -12.4. The minimum absolute atomic E-state index is 0.0357. The fraction of sp³-hybridized carbons (Fsp3) is 1.00. The number of ether oxygens (including phenoxy) is 14. The van der Waals surface area contributed by atoms with Gasteiger partial charge >= 0.3 is 0 Å². The molecule has 21 rings (SSSR count). The second kappa shape index (κ2) is 26.1. The Labute approximate surface area is 437 Å². The molecule has 0 aromatic carbocycles. The van der Waals surface area contributed by atoms with Gasteiger partial charge in [-0.3, -0.25) is 0 Å². The van der Waals surface area contributed by atoms with Gasteiger partial charge in [0.15, 0.2) is 44.0 Å². The van der Waals surface area contributed by atoms with Crippen molar-refractivity contribution in [2.24, 2.45) is 0 Å². The van der Waals surface area contributed by atoms with Crippen LogP contribution in [0.25, 0.3) is 0 Å². The maximum atomic E-state index is 11.4. The lowest BCUT2D eigenvalue weighted by Gasteiger charge is -2.50. The summed E-state index contributed by atoms with van der Waals surface area (Å²) in [6.07, 6.45) is -66.0. The zero-order valence-corrected chi connectivity index (χ0v) is 41.4. The average Bonchev–Trinajstić information content (AvgIpc) is 3.47. The quantitative estimate of drug-likeness (QED) is 0.113. The van der Waals surface area contributed by atoms with Crippen LogP contribution in [0, 0.1) is 0 Å². The lowest BCUT2D eigenvalue weighted by Crippen LogP contribution is -2.68. The van der Waals surface area contributed by atoms with Crippen molar-refractivity contribution >= 4 is 0 Å². The third-order valence-electron chi connectivity index (χ3n) is 15.2. The van der Waals surface area contributed by atoms with Gasteiger partial charge in [0.05, 0.1) is 45.2 Å². The zero-order valence-electron chi connectivity index (χ0n) is 41.4. The SMILES string of the molecule is CCC1O[C@H]2O[C@@H]3C(CO)O[C@H](O[C@@H]4C(CO)O[C@H](O[C@@H]5C(CO)O[C@H](O[C@@H]6C(CC)O[C@H](O[C@@H]7C(CO)O[C@@H](O[C@@H]8C(CO)O[C@@H](O[C@@H]1C(O)[C@@H]2O)[C@@H](O)C8O)[C@@H](O)C7O)C(O)[C@H]6O)C(O)[C@H]5O)[C@@H](O)C4O)[C@@H](O)C3O. The van der Waals surface area contributed by atoms with E-state index in [1.54, 1.807) is 13.8 Å². The summed E-state index contributed by atoms with van der Waals surface area (Å²) in [5, 5.41) is 211. The van der Waals surface area contributed by atoms with E-state index in [4.69, 9.17) is 66.3 Å². The van der Waals surface area contributed by atoms with Gasteiger partial charge in [0.2, 0.25) is 0 Å². The van der Waals surface area contributed by atoms with Crippen LogP contribution in [0.15, 0.2) is 0 Å². The second-order valence-electron chi connectivity index (χ2n) is 20.1. The molecular formula is C44H74O33. The molecule has 21 aliphatic rings. The van der Waals surface area contributed by atoms with Crippen LogP contribution in [-0.2, 0) is 66.3 Å². The molecule has 0 spiro atoms. The van der Waals surface area contributed by atoms with Gasteiger partial charge in [0.25, 0.3) is 0 Å². The van der Waals surface area contributed by atoms with E-state index < -0.39 is 248 Å². The van der Waals surface area contributed by atoms with Crippen molar-refractivity contribution in [1.82, 2.24) is 0 Å². The molecule has 33 heteroatoms. The fourth-order valence-electron chi connectivity index (χ4n) is 10.8. The minimum atomic E-state index is -2.16. The predicted molar refractivity (Wildman–Crippen MR) is 235 cm³/mol. The molecule has 35 atom stereocenters. The number of hydrogen-bond acceptors (Lipinski definition) is 33. The first-order chi connectivity index (χ1) is 36.7. The Hall–Kier alpha value is -1.32. The molecule has 33 nitrogen and oxygen atoms in total. The summed E-state index contributed by atoms with van der Waals surface area (Å²) in [5.41, 5.74) is 0. The van der Waals surface area contributed by atoms with Crippen LogP contribution in [0.1, 0.15) is 26.7 Å². The molecule has 0 saturated carbocycles. The molecule has 0 radical (unpaired) electrons. The highest BCUT2D eigenvalue weighted by molar-refractivity contribution is 5.01. The highest BCUT2D eigenvalue weighted by Crippen LogP contribution is 2.39. The third-order valence-corrected chi connectivity index (χ3v) is 15.2. The Morgan fingerprint density at radius 3 is 0.455 bits per heavy atom. The van der Waals surface area contributed by atoms with Gasteiger partial charge in [-0.05, 0) is 12.8 Å². The largest absolute Gasteiger partial charge is 0.394 e. The van der Waals surface area contributed by atoms with Crippen LogP contribution >= 0.6 is 0 Å². The molecule has 21 aliphatic heterocycles. The molecule has 21 fully saturated rings. The van der Waals surface area contributed by atoms with Crippen LogP contribution in [0.3, 0.4) is 0 Å². The first kappa shape index (κ1) is 61.7. The monoisotopic (exact) mass is 1130 g/mol. The Balaban J connectivity index is 1.08. The lowest BCUT2D eigenvalue weighted by atomic mass is 9.94. The van der Waals surface area contributed by atoms with Crippen molar-refractivity contribution < 1.29 is 163 Å². The van der Waals surface area contributed by atoms with E-state index in [1.165, 1.54) is 0 Å². The summed E-state index contributed by atoms with van der Waals surface area (Å²) in [5.74, 6) is 0. The molecule has 0 aromatic heterocycles. The second-order valence-corrected chi connectivity index (χ2v) is 20.1. The molecule has 14 unspecified atom stereocenters. The first-order valence-corrected chi connectivity index (χ1v) is 25.4. The van der Waals surface area contributed by atoms with E-state index in [2.05, 4.69) is 0 Å². The van der Waals surface area contributed by atoms with Crippen LogP contribution in [0.4, 0.5) is 0 Å². The van der Waals surface area contributed by atoms with Gasteiger partial charge in [0.1, 0.15) is 159 Å². The maximum Gasteiger partial charge on any atom is 0.187 e. The van der Waals surface area contributed by atoms with E-state index >= 15 is 0 Å². The van der Waals surface area contributed by atoms with Crippen LogP contribution in [-0.4, -0.2) is 345 Å². The highest BCUT2D eigenvalue weighted by Gasteiger charge is 2.59. The van der Waals surface area contributed by atoms with Crippen LogP contribution < -0.4 is 0 Å². The molecular weight excluding hydrogens is 1060 g/mol. The zero-order chi connectivity index (χ0) is 56.1. The minimum Gasteiger partial charge on any atom is -0.394 e. The molecule has 14 bridgehead atoms. The van der Waals surface area contributed by atoms with Crippen LogP contribution in [0.2, 0.25) is 0 Å². The summed E-state index contributed by atoms with van der Waals surface area (Å²) in [6.45, 7) is -1.85. The number of aliphatic hydroxyl groups excluding tert-OH is 19. The highest BCUT2D eigenvalue weighted by atomic mass is 16.8. The lowest BCUT2D eigenvalue weighted by molar-refractivity contribution is -0.396. The molecule has 0 aromatic rings. The Morgan fingerprint density at radius 2 is 0.325 bits per heavy atom. The van der Waals surface area contributed by atoms with Gasteiger partial charge in [-0.2, -0.15) is 0 Å². The molecule has 21 saturated heterocycles. The summed E-state index contributed by atoms with van der Waals surface area (Å²) in [4.78, 5) is 0. The van der Waals surface area contributed by atoms with Crippen molar-refractivity contribution in [2.45, 2.75) is 242 Å². The molecule has 21 heterocycles. The van der Waals surface area contributed by atoms with Gasteiger partial charge in [0, 0.05) is 0 Å². The molecule has 0 amide bonds. The fourth-order valence-corrected chi connectivity index (χ4v) is 10.8. The topological polar surface area (TPSA) is 514 Å². The van der Waals surface area contributed by atoms with E-state index in [1.807, 2.05) is 0 Å². The smallest absolute Gasteiger partial charge is 0.187 e. The van der Waals surface area contributed by atoms with Crippen molar-refractivity contribution in [3.63, 3.8) is 0 Å². The summed E-state index contributed by atoms with van der Waals surface area (Å²) < 4.78 is 81.1. The summed E-state index contributed by atoms with van der Waals surface area (Å²) >= 11 is 0. The summed E-state index contributed by atoms with van der Waals surface area (Å²) in [7, 11) is 0. The van der Waals surface area contributed by atoms with Crippen molar-refractivity contribution in [1.29, 1.82) is 0 Å². The van der Waals surface area contributed by atoms with Gasteiger partial charge in [-0.15, -0.1) is 0 Å². The van der Waals surface area contributed by atoms with Crippen molar-refractivity contribution in [2.75, 3.05) is 33.0 Å². The van der Waals surface area contributed by atoms with Crippen molar-refractivity contribution in [3.8, 4) is 0 Å². The number of hydrogen-bond donors (Lipinski definition) is 19. The molecule has 19 N–H and O–H groups in total. The third kappa shape index (κ3) is 12.1. The van der Waals surface area contributed by atoms with Gasteiger partial charge in [-0.25, -0.2) is 0 Å². The molecule has 77 heavy (non-hydrogen) atoms. The standard InChI is InChI=1S/C44H74O33/c1-3-10-31-18(51)25(58)39(65-10)74-34-13(6-46)69-43(29(62)22(34)55)77-37-16(9-49)70-44(30(63)23(37)56)76-36-15(8-48)67-41(27(60)20(36)53)72-32-11(4-2)64-38(24(57)17(32)50)73-33-12(5-45)68-42(28(61)21(33)54)75-35-14(7-47)66-40(71-31)26(59)19(35)52/h10-63H,3-9H2,1-2H3/t10?,11?,12?,13?,14?,15?,16?,17-,18?,19?,20-,21?,22?,23?,24?,25+,26+,27?,28+,29+,30+,31+,32-,33-,34-,35-,36-,37-,38-,39+,40+,41-,42+,43-,44-/m1/s1. The van der Waals surface area contributed by atoms with E-state index in [-0.39, 0.29) is 12.8 Å². The van der Waals surface area contributed by atoms with Gasteiger partial charge < -0.3 is 163 Å². The first-order valence-electron chi connectivity index (χ1n) is 25.4. The average molecular weight is 1130 g/mol. The molecule has 448 valence electrons. The molecule has 0 aliphatic carbocycles. The van der Waals surface area contributed by atoms with Gasteiger partial charge in [-0.1, -0.05) is 13.8 Å². The van der Waals surface area contributed by atoms with E-state index in [0.29, 0.717) is 0 Å². The Kier molecular flexibility index (Phi) is 20.9. The van der Waals surface area contributed by atoms with E-state index in [0.717, 1.165) is 0 Å². The number of aliphatic hydroxyl groups is 19.